The van der Waals surface area contributed by atoms with Gasteiger partial charge >= 0.3 is 11.9 Å². The summed E-state index contributed by atoms with van der Waals surface area (Å²) in [6.45, 7) is 2.14. The molecule has 6 nitrogen and oxygen atoms in total. The third-order valence-corrected chi connectivity index (χ3v) is 3.47. The van der Waals surface area contributed by atoms with Crippen LogP contribution in [0.25, 0.3) is 0 Å². The molecule has 2 aromatic rings. The Balaban J connectivity index is 1.90. The quantitative estimate of drug-likeness (QED) is 0.360. The fourth-order valence-corrected chi connectivity index (χ4v) is 2.20. The van der Waals surface area contributed by atoms with Crippen molar-refractivity contribution >= 4 is 11.9 Å². The molecule has 2 heterocycles. The van der Waals surface area contributed by atoms with Crippen molar-refractivity contribution in [2.45, 2.75) is 51.7 Å². The van der Waals surface area contributed by atoms with Gasteiger partial charge < -0.3 is 18.3 Å². The van der Waals surface area contributed by atoms with Crippen molar-refractivity contribution in [3.05, 3.63) is 48.3 Å². The number of hydrogen-bond acceptors (Lipinski definition) is 6. The summed E-state index contributed by atoms with van der Waals surface area (Å²) in [6, 6.07) is 6.17. The highest BCUT2D eigenvalue weighted by atomic mass is 16.7. The highest BCUT2D eigenvalue weighted by Crippen LogP contribution is 2.15. The summed E-state index contributed by atoms with van der Waals surface area (Å²) in [5.41, 5.74) is 0. The minimum absolute atomic E-state index is 0.0695. The molecule has 24 heavy (non-hydrogen) atoms. The fourth-order valence-electron chi connectivity index (χ4n) is 2.20. The van der Waals surface area contributed by atoms with Gasteiger partial charge in [0.05, 0.1) is 12.5 Å². The largest absolute Gasteiger partial charge is 0.457 e. The first-order valence-electron chi connectivity index (χ1n) is 8.19. The number of ether oxygens (including phenoxy) is 2. The molecule has 0 fully saturated rings. The van der Waals surface area contributed by atoms with Gasteiger partial charge in [0.25, 0.3) is 0 Å². The molecule has 0 aliphatic carbocycles. The molecule has 6 heteroatoms. The number of carbonyl (C=O) groups is 2. The second kappa shape index (κ2) is 9.60. The van der Waals surface area contributed by atoms with Gasteiger partial charge in [0, 0.05) is 6.42 Å². The Hall–Kier alpha value is -2.50. The molecule has 0 aromatic carbocycles. The molecule has 0 unspecified atom stereocenters. The molecule has 0 atom stereocenters. The first-order valence-corrected chi connectivity index (χ1v) is 8.19. The van der Waals surface area contributed by atoms with Gasteiger partial charge in [-0.2, -0.15) is 0 Å². The standard InChI is InChI=1S/C18H22O6/c1-2-3-4-5-6-11-16(23-17(19)14-9-7-12-21-14)24-18(20)15-10-8-13-22-15/h7-10,12-13,16H,2-6,11H2,1H3. The van der Waals surface area contributed by atoms with Crippen molar-refractivity contribution in [3.63, 3.8) is 0 Å². The van der Waals surface area contributed by atoms with E-state index in [1.807, 2.05) is 0 Å². The predicted octanol–water partition coefficient (Wildman–Crippen LogP) is 4.57. The molecule has 2 rings (SSSR count). The van der Waals surface area contributed by atoms with Crippen LogP contribution < -0.4 is 0 Å². The minimum atomic E-state index is -0.971. The van der Waals surface area contributed by atoms with Crippen LogP contribution in [0.2, 0.25) is 0 Å². The Morgan fingerprint density at radius 2 is 1.46 bits per heavy atom. The van der Waals surface area contributed by atoms with E-state index in [4.69, 9.17) is 18.3 Å². The molecule has 0 radical (unpaired) electrons. The van der Waals surface area contributed by atoms with E-state index in [1.54, 1.807) is 12.1 Å². The van der Waals surface area contributed by atoms with E-state index >= 15 is 0 Å². The summed E-state index contributed by atoms with van der Waals surface area (Å²) in [6.07, 6.45) is 7.40. The lowest BCUT2D eigenvalue weighted by Crippen LogP contribution is -2.24. The monoisotopic (exact) mass is 334 g/mol. The molecular weight excluding hydrogens is 312 g/mol. The van der Waals surface area contributed by atoms with Gasteiger partial charge in [-0.15, -0.1) is 0 Å². The number of furan rings is 2. The third-order valence-electron chi connectivity index (χ3n) is 3.47. The average Bonchev–Trinajstić information content (AvgIpc) is 3.27. The lowest BCUT2D eigenvalue weighted by Gasteiger charge is -2.17. The summed E-state index contributed by atoms with van der Waals surface area (Å²) in [5.74, 6) is -1.18. The molecule has 0 saturated carbocycles. The van der Waals surface area contributed by atoms with Crippen LogP contribution in [0.5, 0.6) is 0 Å². The van der Waals surface area contributed by atoms with E-state index in [-0.39, 0.29) is 11.5 Å². The normalized spacial score (nSPS) is 10.8. The van der Waals surface area contributed by atoms with Crippen molar-refractivity contribution in [2.24, 2.45) is 0 Å². The Bertz CT molecular complexity index is 551. The van der Waals surface area contributed by atoms with Crippen LogP contribution in [0.3, 0.4) is 0 Å². The smallest absolute Gasteiger partial charge is 0.377 e. The van der Waals surface area contributed by atoms with Crippen molar-refractivity contribution in [1.29, 1.82) is 0 Å². The molecular formula is C18H22O6. The molecule has 0 N–H and O–H groups in total. The molecule has 0 spiro atoms. The predicted molar refractivity (Wildman–Crippen MR) is 85.4 cm³/mol. The summed E-state index contributed by atoms with van der Waals surface area (Å²) in [5, 5.41) is 0. The van der Waals surface area contributed by atoms with Gasteiger partial charge in [-0.3, -0.25) is 0 Å². The van der Waals surface area contributed by atoms with E-state index in [0.29, 0.717) is 6.42 Å². The second-order valence-corrected chi connectivity index (χ2v) is 5.40. The zero-order chi connectivity index (χ0) is 17.2. The van der Waals surface area contributed by atoms with Gasteiger partial charge in [-0.05, 0) is 30.7 Å². The first kappa shape index (κ1) is 17.8. The van der Waals surface area contributed by atoms with Crippen LogP contribution in [0, 0.1) is 0 Å². The van der Waals surface area contributed by atoms with Crippen molar-refractivity contribution in [2.75, 3.05) is 0 Å². The van der Waals surface area contributed by atoms with Crippen molar-refractivity contribution in [1.82, 2.24) is 0 Å². The maximum Gasteiger partial charge on any atom is 0.377 e. The van der Waals surface area contributed by atoms with Crippen LogP contribution in [0.15, 0.2) is 45.6 Å². The van der Waals surface area contributed by atoms with Gasteiger partial charge in [-0.1, -0.05) is 32.6 Å². The zero-order valence-electron chi connectivity index (χ0n) is 13.7. The average molecular weight is 334 g/mol. The number of hydrogen-bond donors (Lipinski definition) is 0. The zero-order valence-corrected chi connectivity index (χ0v) is 13.7. The second-order valence-electron chi connectivity index (χ2n) is 5.40. The Labute approximate surface area is 140 Å². The molecule has 0 amide bonds. The maximum absolute atomic E-state index is 12.0. The van der Waals surface area contributed by atoms with Crippen LogP contribution in [0.4, 0.5) is 0 Å². The van der Waals surface area contributed by atoms with E-state index in [2.05, 4.69) is 6.92 Å². The van der Waals surface area contributed by atoms with Gasteiger partial charge in [0.2, 0.25) is 17.8 Å². The number of unbranched alkanes of at least 4 members (excludes halogenated alkanes) is 4. The Kier molecular flexibility index (Phi) is 7.14. The van der Waals surface area contributed by atoms with E-state index in [0.717, 1.165) is 32.1 Å². The SMILES string of the molecule is CCCCCCCC(OC(=O)c1ccco1)OC(=O)c1ccco1. The Morgan fingerprint density at radius 1 is 0.917 bits per heavy atom. The highest BCUT2D eigenvalue weighted by molar-refractivity contribution is 5.87. The first-order chi connectivity index (χ1) is 11.7. The lowest BCUT2D eigenvalue weighted by atomic mass is 10.1. The number of rotatable bonds is 10. The lowest BCUT2D eigenvalue weighted by molar-refractivity contribution is -0.0864. The molecule has 0 aliphatic rings. The van der Waals surface area contributed by atoms with Crippen molar-refractivity contribution < 1.29 is 27.9 Å². The van der Waals surface area contributed by atoms with E-state index in [1.165, 1.54) is 24.7 Å². The van der Waals surface area contributed by atoms with E-state index in [9.17, 15) is 9.59 Å². The van der Waals surface area contributed by atoms with Gasteiger partial charge in [0.1, 0.15) is 0 Å². The summed E-state index contributed by atoms with van der Waals surface area (Å²) in [7, 11) is 0. The van der Waals surface area contributed by atoms with Gasteiger partial charge in [-0.25, -0.2) is 9.59 Å². The third kappa shape index (κ3) is 5.61. The minimum Gasteiger partial charge on any atom is -0.457 e. The molecule has 0 bridgehead atoms. The number of esters is 2. The van der Waals surface area contributed by atoms with Gasteiger partial charge in [0.15, 0.2) is 0 Å². The van der Waals surface area contributed by atoms with Crippen molar-refractivity contribution in [3.8, 4) is 0 Å². The highest BCUT2D eigenvalue weighted by Gasteiger charge is 2.23. The molecule has 0 aliphatic heterocycles. The Morgan fingerprint density at radius 3 is 1.92 bits per heavy atom. The van der Waals surface area contributed by atoms with Crippen LogP contribution in [-0.2, 0) is 9.47 Å². The topological polar surface area (TPSA) is 78.9 Å². The fraction of sp³-hybridized carbons (Fsp3) is 0.444. The number of carbonyl (C=O) groups excluding carboxylic acids is 2. The van der Waals surface area contributed by atoms with Crippen LogP contribution in [-0.4, -0.2) is 18.2 Å². The molecule has 130 valence electrons. The van der Waals surface area contributed by atoms with Crippen LogP contribution >= 0.6 is 0 Å². The summed E-state index contributed by atoms with van der Waals surface area (Å²) in [4.78, 5) is 24.0. The summed E-state index contributed by atoms with van der Waals surface area (Å²) < 4.78 is 20.5. The molecule has 2 aromatic heterocycles. The van der Waals surface area contributed by atoms with E-state index < -0.39 is 18.2 Å². The summed E-state index contributed by atoms with van der Waals surface area (Å²) >= 11 is 0. The maximum atomic E-state index is 12.0. The molecule has 0 saturated heterocycles. The van der Waals surface area contributed by atoms with Crippen LogP contribution in [0.1, 0.15) is 66.6 Å².